The molecule has 0 aliphatic heterocycles. The number of nitrogens with zero attached hydrogens (tertiary/aromatic N) is 4. The molecule has 0 fully saturated rings. The van der Waals surface area contributed by atoms with Gasteiger partial charge in [-0.05, 0) is 61.0 Å². The molecule has 34 heavy (non-hydrogen) atoms. The number of aldehydes is 1. The van der Waals surface area contributed by atoms with Gasteiger partial charge in [0, 0.05) is 11.3 Å². The van der Waals surface area contributed by atoms with Crippen LogP contribution in [-0.4, -0.2) is 26.2 Å². The maximum absolute atomic E-state index is 13.5. The standard InChI is InChI=1S/C24H18F3N5O2/c1-13-9-15(10-19(29-13)22(26)27)20-21(14-5-7-16(25)8-6-14)31-24(28)32-23(20)34-12-18-4-2-3-17(11-33)30-18/h2-11,22H,12H2,1H3,(H2,28,31,32). The molecule has 4 aromatic rings. The Hall–Kier alpha value is -4.34. The van der Waals surface area contributed by atoms with Crippen molar-refractivity contribution in [1.82, 2.24) is 19.9 Å². The molecule has 10 heteroatoms. The minimum absolute atomic E-state index is 0.0101. The number of carbonyl (C=O) groups is 1. The van der Waals surface area contributed by atoms with Crippen molar-refractivity contribution in [2.45, 2.75) is 20.0 Å². The third-order valence-electron chi connectivity index (χ3n) is 4.80. The second-order valence-corrected chi connectivity index (χ2v) is 7.30. The van der Waals surface area contributed by atoms with Gasteiger partial charge in [0.2, 0.25) is 11.8 Å². The van der Waals surface area contributed by atoms with E-state index in [1.807, 2.05) is 0 Å². The molecule has 0 aliphatic rings. The van der Waals surface area contributed by atoms with Gasteiger partial charge in [-0.1, -0.05) is 6.07 Å². The molecule has 0 spiro atoms. The van der Waals surface area contributed by atoms with E-state index in [0.29, 0.717) is 28.8 Å². The molecular formula is C24H18F3N5O2. The minimum Gasteiger partial charge on any atom is -0.471 e. The average molecular weight is 465 g/mol. The van der Waals surface area contributed by atoms with Crippen LogP contribution in [0.4, 0.5) is 19.1 Å². The van der Waals surface area contributed by atoms with Gasteiger partial charge in [0.25, 0.3) is 6.43 Å². The Morgan fingerprint density at radius 2 is 1.76 bits per heavy atom. The topological polar surface area (TPSA) is 104 Å². The van der Waals surface area contributed by atoms with Crippen LogP contribution >= 0.6 is 0 Å². The third kappa shape index (κ3) is 5.01. The van der Waals surface area contributed by atoms with Crippen LogP contribution < -0.4 is 10.5 Å². The maximum atomic E-state index is 13.5. The van der Waals surface area contributed by atoms with E-state index in [1.165, 1.54) is 30.3 Å². The second-order valence-electron chi connectivity index (χ2n) is 7.30. The number of aromatic nitrogens is 4. The molecule has 0 bridgehead atoms. The van der Waals surface area contributed by atoms with E-state index in [1.54, 1.807) is 31.2 Å². The van der Waals surface area contributed by atoms with Crippen molar-refractivity contribution >= 4 is 12.2 Å². The Morgan fingerprint density at radius 3 is 2.47 bits per heavy atom. The summed E-state index contributed by atoms with van der Waals surface area (Å²) in [4.78, 5) is 27.5. The number of hydrogen-bond acceptors (Lipinski definition) is 7. The lowest BCUT2D eigenvalue weighted by atomic mass is 9.99. The van der Waals surface area contributed by atoms with Crippen LogP contribution in [0.25, 0.3) is 22.4 Å². The number of halogens is 3. The number of hydrogen-bond donors (Lipinski definition) is 1. The van der Waals surface area contributed by atoms with E-state index >= 15 is 0 Å². The molecule has 172 valence electrons. The summed E-state index contributed by atoms with van der Waals surface area (Å²) < 4.78 is 46.4. The van der Waals surface area contributed by atoms with Crippen molar-refractivity contribution in [2.75, 3.05) is 5.73 Å². The summed E-state index contributed by atoms with van der Waals surface area (Å²) in [6, 6.07) is 13.1. The fraction of sp³-hybridized carbons (Fsp3) is 0.125. The minimum atomic E-state index is -2.80. The number of benzene rings is 1. The van der Waals surface area contributed by atoms with Crippen LogP contribution in [0.15, 0.2) is 54.6 Å². The number of nitrogens with two attached hydrogens (primary N) is 1. The number of alkyl halides is 2. The summed E-state index contributed by atoms with van der Waals surface area (Å²) in [7, 11) is 0. The predicted molar refractivity (Wildman–Crippen MR) is 119 cm³/mol. The van der Waals surface area contributed by atoms with Crippen molar-refractivity contribution in [1.29, 1.82) is 0 Å². The Labute approximate surface area is 192 Å². The summed E-state index contributed by atoms with van der Waals surface area (Å²) in [5.74, 6) is -0.576. The highest BCUT2D eigenvalue weighted by Crippen LogP contribution is 2.39. The monoisotopic (exact) mass is 465 g/mol. The van der Waals surface area contributed by atoms with Crippen molar-refractivity contribution in [2.24, 2.45) is 0 Å². The first-order chi connectivity index (χ1) is 16.3. The molecule has 0 aliphatic carbocycles. The van der Waals surface area contributed by atoms with Gasteiger partial charge < -0.3 is 10.5 Å². The van der Waals surface area contributed by atoms with E-state index < -0.39 is 17.9 Å². The number of carbonyl (C=O) groups excluding carboxylic acids is 1. The number of aryl methyl sites for hydroxylation is 1. The van der Waals surface area contributed by atoms with E-state index in [-0.39, 0.29) is 35.4 Å². The third-order valence-corrected chi connectivity index (χ3v) is 4.80. The first-order valence-corrected chi connectivity index (χ1v) is 10.1. The molecule has 0 unspecified atom stereocenters. The Kier molecular flexibility index (Phi) is 6.48. The van der Waals surface area contributed by atoms with Crippen molar-refractivity contribution in [3.05, 3.63) is 83.2 Å². The first-order valence-electron chi connectivity index (χ1n) is 10.1. The number of rotatable bonds is 7. The van der Waals surface area contributed by atoms with Crippen LogP contribution in [0.2, 0.25) is 0 Å². The fourth-order valence-corrected chi connectivity index (χ4v) is 3.37. The molecule has 7 nitrogen and oxygen atoms in total. The number of ether oxygens (including phenoxy) is 1. The van der Waals surface area contributed by atoms with Crippen molar-refractivity contribution in [3.63, 3.8) is 0 Å². The van der Waals surface area contributed by atoms with Gasteiger partial charge in [-0.3, -0.25) is 9.78 Å². The summed E-state index contributed by atoms with van der Waals surface area (Å²) in [6.45, 7) is 1.50. The highest BCUT2D eigenvalue weighted by atomic mass is 19.3. The largest absolute Gasteiger partial charge is 0.471 e. The quantitative estimate of drug-likeness (QED) is 0.385. The summed E-state index contributed by atoms with van der Waals surface area (Å²) >= 11 is 0. The van der Waals surface area contributed by atoms with Crippen LogP contribution in [0.5, 0.6) is 5.88 Å². The van der Waals surface area contributed by atoms with E-state index in [0.717, 1.165) is 0 Å². The summed E-state index contributed by atoms with van der Waals surface area (Å²) in [5.41, 5.74) is 7.86. The van der Waals surface area contributed by atoms with Crippen LogP contribution in [0, 0.1) is 12.7 Å². The summed E-state index contributed by atoms with van der Waals surface area (Å²) in [6.07, 6.45) is -2.20. The number of pyridine rings is 2. The van der Waals surface area contributed by atoms with Gasteiger partial charge in [0.15, 0.2) is 6.29 Å². The molecule has 0 atom stereocenters. The highest BCUT2D eigenvalue weighted by Gasteiger charge is 2.21. The Bertz CT molecular complexity index is 1350. The van der Waals surface area contributed by atoms with Gasteiger partial charge in [0.05, 0.1) is 17.0 Å². The van der Waals surface area contributed by atoms with Crippen LogP contribution in [0.1, 0.15) is 34.0 Å². The Balaban J connectivity index is 1.88. The number of anilines is 1. The molecule has 3 aromatic heterocycles. The normalized spacial score (nSPS) is 11.0. The van der Waals surface area contributed by atoms with E-state index in [4.69, 9.17) is 10.5 Å². The predicted octanol–water partition coefficient (Wildman–Crippen LogP) is 4.96. The van der Waals surface area contributed by atoms with E-state index in [2.05, 4.69) is 19.9 Å². The molecule has 1 aromatic carbocycles. The number of nitrogen functional groups attached to an aromatic ring is 1. The highest BCUT2D eigenvalue weighted by molar-refractivity contribution is 5.85. The molecule has 4 rings (SSSR count). The van der Waals surface area contributed by atoms with Crippen LogP contribution in [-0.2, 0) is 6.61 Å². The second kappa shape index (κ2) is 9.65. The molecule has 0 saturated carbocycles. The first kappa shape index (κ1) is 22.8. The smallest absolute Gasteiger partial charge is 0.280 e. The van der Waals surface area contributed by atoms with Crippen molar-refractivity contribution in [3.8, 4) is 28.3 Å². The van der Waals surface area contributed by atoms with Gasteiger partial charge in [-0.2, -0.15) is 4.98 Å². The molecule has 0 amide bonds. The molecular weight excluding hydrogens is 447 g/mol. The lowest BCUT2D eigenvalue weighted by Crippen LogP contribution is -2.07. The van der Waals surface area contributed by atoms with Crippen LogP contribution in [0.3, 0.4) is 0 Å². The average Bonchev–Trinajstić information content (AvgIpc) is 2.82. The fourth-order valence-electron chi connectivity index (χ4n) is 3.37. The molecule has 0 saturated heterocycles. The lowest BCUT2D eigenvalue weighted by Gasteiger charge is -2.16. The van der Waals surface area contributed by atoms with Gasteiger partial charge in [-0.15, -0.1) is 0 Å². The SMILES string of the molecule is Cc1cc(-c2c(OCc3cccc(C=O)n3)nc(N)nc2-c2ccc(F)cc2)cc(C(F)F)n1. The molecule has 0 radical (unpaired) electrons. The van der Waals surface area contributed by atoms with Gasteiger partial charge >= 0.3 is 0 Å². The zero-order valence-electron chi connectivity index (χ0n) is 17.9. The van der Waals surface area contributed by atoms with Gasteiger partial charge in [0.1, 0.15) is 23.8 Å². The lowest BCUT2D eigenvalue weighted by molar-refractivity contribution is 0.111. The van der Waals surface area contributed by atoms with Crippen molar-refractivity contribution < 1.29 is 22.7 Å². The molecule has 3 heterocycles. The zero-order valence-corrected chi connectivity index (χ0v) is 17.9. The summed E-state index contributed by atoms with van der Waals surface area (Å²) in [5, 5.41) is 0. The van der Waals surface area contributed by atoms with E-state index in [9.17, 15) is 18.0 Å². The van der Waals surface area contributed by atoms with Gasteiger partial charge in [-0.25, -0.2) is 23.1 Å². The Morgan fingerprint density at radius 1 is 1.00 bits per heavy atom. The molecule has 2 N–H and O–H groups in total. The maximum Gasteiger partial charge on any atom is 0.280 e. The zero-order chi connectivity index (χ0) is 24.2.